The fraction of sp³-hybridized carbons (Fsp3) is 0.400. The summed E-state index contributed by atoms with van der Waals surface area (Å²) in [5.41, 5.74) is 1.63. The zero-order valence-electron chi connectivity index (χ0n) is 8.19. The molecule has 74 valence electrons. The van der Waals surface area contributed by atoms with E-state index in [0.29, 0.717) is 11.6 Å². The molecule has 3 nitrogen and oxygen atoms in total. The van der Waals surface area contributed by atoms with E-state index in [-0.39, 0.29) is 6.61 Å². The maximum atomic E-state index is 8.93. The minimum Gasteiger partial charge on any atom is -0.390 e. The van der Waals surface area contributed by atoms with Crippen molar-refractivity contribution in [1.82, 2.24) is 9.97 Å². The molecule has 4 heteroatoms. The van der Waals surface area contributed by atoms with Crippen LogP contribution in [0.15, 0.2) is 12.1 Å². The number of hydrogen-bond donors (Lipinski definition) is 1. The summed E-state index contributed by atoms with van der Waals surface area (Å²) in [7, 11) is 0. The van der Waals surface area contributed by atoms with E-state index in [0.717, 1.165) is 15.4 Å². The molecule has 2 aromatic heterocycles. The van der Waals surface area contributed by atoms with Gasteiger partial charge in [-0.15, -0.1) is 0 Å². The number of thiazole rings is 1. The van der Waals surface area contributed by atoms with Crippen molar-refractivity contribution in [1.29, 1.82) is 0 Å². The Labute approximate surface area is 86.4 Å². The van der Waals surface area contributed by atoms with Crippen molar-refractivity contribution in [2.75, 3.05) is 0 Å². The Morgan fingerprint density at radius 2 is 2.14 bits per heavy atom. The summed E-state index contributed by atoms with van der Waals surface area (Å²) in [4.78, 5) is 9.68. The second kappa shape index (κ2) is 3.63. The fourth-order valence-corrected chi connectivity index (χ4v) is 2.17. The zero-order valence-corrected chi connectivity index (χ0v) is 9.01. The number of hydrogen-bond acceptors (Lipinski definition) is 4. The first kappa shape index (κ1) is 9.55. The molecule has 0 atom stereocenters. The molecule has 1 N–H and O–H groups in total. The summed E-state index contributed by atoms with van der Waals surface area (Å²) in [6.45, 7) is 4.22. The third kappa shape index (κ3) is 1.63. The number of aliphatic hydroxyl groups excluding tert-OH is 1. The van der Waals surface area contributed by atoms with E-state index in [1.165, 1.54) is 0 Å². The topological polar surface area (TPSA) is 46.0 Å². The monoisotopic (exact) mass is 208 g/mol. The van der Waals surface area contributed by atoms with E-state index in [2.05, 4.69) is 23.8 Å². The van der Waals surface area contributed by atoms with E-state index < -0.39 is 0 Å². The zero-order chi connectivity index (χ0) is 10.1. The second-order valence-electron chi connectivity index (χ2n) is 3.49. The van der Waals surface area contributed by atoms with Crippen molar-refractivity contribution in [3.05, 3.63) is 22.8 Å². The molecule has 0 saturated carbocycles. The number of aromatic nitrogens is 2. The Morgan fingerprint density at radius 1 is 1.36 bits per heavy atom. The SMILES string of the molecule is CC(C)c1nc2ccc(CO)nc2s1. The lowest BCUT2D eigenvalue weighted by atomic mass is 10.2. The summed E-state index contributed by atoms with van der Waals surface area (Å²) < 4.78 is 0. The molecule has 0 spiro atoms. The molecule has 0 aliphatic heterocycles. The van der Waals surface area contributed by atoms with Gasteiger partial charge < -0.3 is 5.11 Å². The van der Waals surface area contributed by atoms with E-state index in [9.17, 15) is 0 Å². The van der Waals surface area contributed by atoms with Gasteiger partial charge in [0.1, 0.15) is 10.3 Å². The maximum Gasteiger partial charge on any atom is 0.143 e. The predicted molar refractivity (Wildman–Crippen MR) is 57.4 cm³/mol. The van der Waals surface area contributed by atoms with Crippen LogP contribution in [0.2, 0.25) is 0 Å². The average Bonchev–Trinajstić information content (AvgIpc) is 2.59. The predicted octanol–water partition coefficient (Wildman–Crippen LogP) is 2.31. The number of fused-ring (bicyclic) bond motifs is 1. The van der Waals surface area contributed by atoms with Gasteiger partial charge in [-0.05, 0) is 12.1 Å². The Kier molecular flexibility index (Phi) is 2.48. The lowest BCUT2D eigenvalue weighted by Crippen LogP contribution is -1.86. The van der Waals surface area contributed by atoms with Crippen LogP contribution >= 0.6 is 11.3 Å². The third-order valence-electron chi connectivity index (χ3n) is 1.99. The lowest BCUT2D eigenvalue weighted by molar-refractivity contribution is 0.277. The molecule has 0 fully saturated rings. The van der Waals surface area contributed by atoms with Crippen molar-refractivity contribution in [3.63, 3.8) is 0 Å². The molecule has 0 amide bonds. The van der Waals surface area contributed by atoms with Crippen LogP contribution in [0.25, 0.3) is 10.3 Å². The van der Waals surface area contributed by atoms with Gasteiger partial charge in [0.15, 0.2) is 0 Å². The molecule has 0 saturated heterocycles. The first-order valence-corrected chi connectivity index (χ1v) is 5.39. The molecular formula is C10H12N2OS. The van der Waals surface area contributed by atoms with Crippen molar-refractivity contribution in [3.8, 4) is 0 Å². The standard InChI is InChI=1S/C10H12N2OS/c1-6(2)9-12-8-4-3-7(5-13)11-10(8)14-9/h3-4,6,13H,5H2,1-2H3. The van der Waals surface area contributed by atoms with Crippen LogP contribution in [0.4, 0.5) is 0 Å². The number of rotatable bonds is 2. The Balaban J connectivity index is 2.54. The first-order valence-electron chi connectivity index (χ1n) is 4.58. The van der Waals surface area contributed by atoms with Gasteiger partial charge in [-0.2, -0.15) is 0 Å². The van der Waals surface area contributed by atoms with Crippen molar-refractivity contribution < 1.29 is 5.11 Å². The van der Waals surface area contributed by atoms with Gasteiger partial charge in [-0.25, -0.2) is 9.97 Å². The van der Waals surface area contributed by atoms with E-state index in [4.69, 9.17) is 5.11 Å². The van der Waals surface area contributed by atoms with Crippen molar-refractivity contribution >= 4 is 21.7 Å². The lowest BCUT2D eigenvalue weighted by Gasteiger charge is -1.94. The van der Waals surface area contributed by atoms with Gasteiger partial charge in [0, 0.05) is 5.92 Å². The van der Waals surface area contributed by atoms with Gasteiger partial charge in [0.25, 0.3) is 0 Å². The van der Waals surface area contributed by atoms with E-state index in [1.54, 1.807) is 11.3 Å². The summed E-state index contributed by atoms with van der Waals surface area (Å²) >= 11 is 1.60. The number of aliphatic hydroxyl groups is 1. The highest BCUT2D eigenvalue weighted by molar-refractivity contribution is 7.18. The van der Waals surface area contributed by atoms with Gasteiger partial charge in [-0.3, -0.25) is 0 Å². The van der Waals surface area contributed by atoms with Crippen LogP contribution in [-0.2, 0) is 6.61 Å². The Morgan fingerprint density at radius 3 is 2.79 bits per heavy atom. The molecule has 0 bridgehead atoms. The molecule has 0 aliphatic rings. The molecule has 2 heterocycles. The maximum absolute atomic E-state index is 8.93. The number of pyridine rings is 1. The largest absolute Gasteiger partial charge is 0.390 e. The summed E-state index contributed by atoms with van der Waals surface area (Å²) in [5, 5.41) is 10.0. The molecule has 0 aliphatic carbocycles. The van der Waals surface area contributed by atoms with Gasteiger partial charge in [-0.1, -0.05) is 25.2 Å². The van der Waals surface area contributed by atoms with Crippen LogP contribution in [0.3, 0.4) is 0 Å². The minimum absolute atomic E-state index is 0.00908. The molecule has 0 unspecified atom stereocenters. The average molecular weight is 208 g/mol. The number of nitrogens with zero attached hydrogens (tertiary/aromatic N) is 2. The van der Waals surface area contributed by atoms with Crippen molar-refractivity contribution in [2.45, 2.75) is 26.4 Å². The summed E-state index contributed by atoms with van der Waals surface area (Å²) in [6, 6.07) is 3.72. The summed E-state index contributed by atoms with van der Waals surface area (Å²) in [5.74, 6) is 0.437. The third-order valence-corrected chi connectivity index (χ3v) is 3.25. The van der Waals surface area contributed by atoms with Gasteiger partial charge in [0.05, 0.1) is 17.3 Å². The highest BCUT2D eigenvalue weighted by atomic mass is 32.1. The van der Waals surface area contributed by atoms with Crippen molar-refractivity contribution in [2.24, 2.45) is 0 Å². The quantitative estimate of drug-likeness (QED) is 0.823. The first-order chi connectivity index (χ1) is 6.70. The fourth-order valence-electron chi connectivity index (χ4n) is 1.21. The van der Waals surface area contributed by atoms with Crippen LogP contribution in [0, 0.1) is 0 Å². The molecule has 0 aromatic carbocycles. The minimum atomic E-state index is -0.00908. The summed E-state index contributed by atoms with van der Waals surface area (Å²) in [6.07, 6.45) is 0. The van der Waals surface area contributed by atoms with Crippen LogP contribution in [0.5, 0.6) is 0 Å². The molecular weight excluding hydrogens is 196 g/mol. The van der Waals surface area contributed by atoms with Crippen LogP contribution < -0.4 is 0 Å². The van der Waals surface area contributed by atoms with Crippen LogP contribution in [-0.4, -0.2) is 15.1 Å². The van der Waals surface area contributed by atoms with Gasteiger partial charge >= 0.3 is 0 Å². The molecule has 2 rings (SSSR count). The Bertz CT molecular complexity index is 450. The van der Waals surface area contributed by atoms with Crippen LogP contribution in [0.1, 0.15) is 30.5 Å². The smallest absolute Gasteiger partial charge is 0.143 e. The normalized spacial score (nSPS) is 11.4. The highest BCUT2D eigenvalue weighted by Gasteiger charge is 2.08. The highest BCUT2D eigenvalue weighted by Crippen LogP contribution is 2.25. The van der Waals surface area contributed by atoms with E-state index >= 15 is 0 Å². The molecule has 14 heavy (non-hydrogen) atoms. The Hall–Kier alpha value is -1.00. The van der Waals surface area contributed by atoms with Gasteiger partial charge in [0.2, 0.25) is 0 Å². The van der Waals surface area contributed by atoms with E-state index in [1.807, 2.05) is 12.1 Å². The molecule has 0 radical (unpaired) electrons. The molecule has 2 aromatic rings. The second-order valence-corrected chi connectivity index (χ2v) is 4.50.